The van der Waals surface area contributed by atoms with Gasteiger partial charge in [0.25, 0.3) is 0 Å². The maximum absolute atomic E-state index is 12.2. The predicted octanol–water partition coefficient (Wildman–Crippen LogP) is 2.22. The van der Waals surface area contributed by atoms with Crippen LogP contribution in [0, 0.1) is 5.92 Å². The summed E-state index contributed by atoms with van der Waals surface area (Å²) in [4.78, 5) is 12.2. The highest BCUT2D eigenvalue weighted by molar-refractivity contribution is 9.10. The third kappa shape index (κ3) is 2.92. The zero-order valence-corrected chi connectivity index (χ0v) is 11.3. The maximum Gasteiger partial charge on any atom is 0.184 e. The average Bonchev–Trinajstić information content (AvgIpc) is 2.66. The van der Waals surface area contributed by atoms with Crippen molar-refractivity contribution in [2.24, 2.45) is 11.7 Å². The zero-order valence-electron chi connectivity index (χ0n) is 9.74. The number of aromatic nitrogens is 2. The zero-order chi connectivity index (χ0) is 12.1. The first-order valence-electron chi connectivity index (χ1n) is 5.57. The Morgan fingerprint density at radius 2 is 2.38 bits per heavy atom. The number of hydrogen-bond acceptors (Lipinski definition) is 3. The van der Waals surface area contributed by atoms with Crippen LogP contribution in [0.1, 0.15) is 37.2 Å². The first-order chi connectivity index (χ1) is 7.61. The number of halogens is 1. The van der Waals surface area contributed by atoms with Crippen LogP contribution in [0.4, 0.5) is 0 Å². The molecule has 0 aliphatic carbocycles. The molecule has 0 radical (unpaired) electrons. The molecule has 5 heteroatoms. The fourth-order valence-corrected chi connectivity index (χ4v) is 2.13. The van der Waals surface area contributed by atoms with Crippen molar-refractivity contribution < 1.29 is 4.79 Å². The van der Waals surface area contributed by atoms with Crippen LogP contribution < -0.4 is 5.73 Å². The van der Waals surface area contributed by atoms with Crippen LogP contribution in [-0.4, -0.2) is 22.1 Å². The molecule has 90 valence electrons. The van der Waals surface area contributed by atoms with Crippen LogP contribution in [0.3, 0.4) is 0 Å². The summed E-state index contributed by atoms with van der Waals surface area (Å²) < 4.78 is 2.50. The summed E-state index contributed by atoms with van der Waals surface area (Å²) in [6.07, 6.45) is 3.38. The number of hydrogen-bond donors (Lipinski definition) is 1. The number of Topliss-reactive ketones (excluding diaryl/α,β-unsaturated/α-hetero) is 1. The van der Waals surface area contributed by atoms with E-state index in [0.29, 0.717) is 18.8 Å². The van der Waals surface area contributed by atoms with E-state index < -0.39 is 0 Å². The summed E-state index contributed by atoms with van der Waals surface area (Å²) in [6.45, 7) is 5.25. The molecule has 0 aromatic carbocycles. The molecule has 1 aromatic rings. The molecule has 1 heterocycles. The van der Waals surface area contributed by atoms with Crippen molar-refractivity contribution in [3.05, 3.63) is 16.4 Å². The van der Waals surface area contributed by atoms with Crippen molar-refractivity contribution in [3.8, 4) is 0 Å². The highest BCUT2D eigenvalue weighted by Gasteiger charge is 2.21. The molecule has 16 heavy (non-hydrogen) atoms. The molecule has 0 bridgehead atoms. The Kier molecular flexibility index (Phi) is 5.15. The lowest BCUT2D eigenvalue weighted by Gasteiger charge is -2.11. The van der Waals surface area contributed by atoms with Gasteiger partial charge >= 0.3 is 0 Å². The number of carbonyl (C=O) groups excluding carboxylic acids is 1. The number of aryl methyl sites for hydroxylation is 1. The molecule has 0 fully saturated rings. The van der Waals surface area contributed by atoms with Crippen LogP contribution in [0.2, 0.25) is 0 Å². The molecule has 1 atom stereocenters. The third-order valence-electron chi connectivity index (χ3n) is 2.62. The van der Waals surface area contributed by atoms with Gasteiger partial charge in [-0.25, -0.2) is 0 Å². The number of carbonyl (C=O) groups is 1. The lowest BCUT2D eigenvalue weighted by molar-refractivity contribution is 0.0911. The Bertz CT molecular complexity index is 362. The molecule has 0 aliphatic heterocycles. The van der Waals surface area contributed by atoms with E-state index in [-0.39, 0.29) is 11.7 Å². The topological polar surface area (TPSA) is 60.9 Å². The molecule has 1 rings (SSSR count). The van der Waals surface area contributed by atoms with Crippen molar-refractivity contribution >= 4 is 21.7 Å². The van der Waals surface area contributed by atoms with E-state index in [1.54, 1.807) is 10.9 Å². The molecule has 1 aromatic heterocycles. The van der Waals surface area contributed by atoms with E-state index in [1.807, 2.05) is 13.8 Å². The second-order valence-corrected chi connectivity index (χ2v) is 4.71. The summed E-state index contributed by atoms with van der Waals surface area (Å²) in [6, 6.07) is 0. The molecule has 2 N–H and O–H groups in total. The molecule has 0 aliphatic rings. The van der Waals surface area contributed by atoms with Gasteiger partial charge < -0.3 is 5.73 Å². The van der Waals surface area contributed by atoms with E-state index in [9.17, 15) is 4.79 Å². The second-order valence-electron chi connectivity index (χ2n) is 3.85. The smallest absolute Gasteiger partial charge is 0.184 e. The Hall–Kier alpha value is -0.680. The lowest BCUT2D eigenvalue weighted by atomic mass is 9.98. The largest absolute Gasteiger partial charge is 0.330 e. The number of rotatable bonds is 6. The summed E-state index contributed by atoms with van der Waals surface area (Å²) >= 11 is 3.37. The molecule has 1 unspecified atom stereocenters. The molecule has 0 saturated carbocycles. The van der Waals surface area contributed by atoms with Crippen LogP contribution in [-0.2, 0) is 6.54 Å². The van der Waals surface area contributed by atoms with Crippen LogP contribution in [0.25, 0.3) is 0 Å². The molecular weight excluding hydrogens is 270 g/mol. The molecule has 4 nitrogen and oxygen atoms in total. The SMILES string of the molecule is CCn1ncc(Br)c1C(=O)C(C)CCCN. The fraction of sp³-hybridized carbons (Fsp3) is 0.636. The third-order valence-corrected chi connectivity index (χ3v) is 3.20. The van der Waals surface area contributed by atoms with Crippen molar-refractivity contribution in [2.45, 2.75) is 33.2 Å². The number of nitrogens with two attached hydrogens (primary N) is 1. The lowest BCUT2D eigenvalue weighted by Crippen LogP contribution is -2.18. The molecule has 0 spiro atoms. The number of ketones is 1. The normalized spacial score (nSPS) is 12.8. The first kappa shape index (κ1) is 13.4. The van der Waals surface area contributed by atoms with Gasteiger partial charge in [0.05, 0.1) is 10.7 Å². The van der Waals surface area contributed by atoms with Gasteiger partial charge in [-0.1, -0.05) is 6.92 Å². The van der Waals surface area contributed by atoms with Crippen LogP contribution >= 0.6 is 15.9 Å². The summed E-state index contributed by atoms with van der Waals surface area (Å²) in [5.74, 6) is 0.140. The standard InChI is InChI=1S/C11H18BrN3O/c1-3-15-10(9(12)7-14-15)11(16)8(2)5-4-6-13/h7-8H,3-6,13H2,1-2H3. The van der Waals surface area contributed by atoms with Crippen molar-refractivity contribution in [1.29, 1.82) is 0 Å². The van der Waals surface area contributed by atoms with E-state index >= 15 is 0 Å². The van der Waals surface area contributed by atoms with Gasteiger partial charge in [-0.3, -0.25) is 9.48 Å². The summed E-state index contributed by atoms with van der Waals surface area (Å²) in [5, 5.41) is 4.14. The summed E-state index contributed by atoms with van der Waals surface area (Å²) in [7, 11) is 0. The molecule has 0 amide bonds. The van der Waals surface area contributed by atoms with Gasteiger partial charge in [-0.15, -0.1) is 0 Å². The van der Waals surface area contributed by atoms with Gasteiger partial charge in [0, 0.05) is 12.5 Å². The maximum atomic E-state index is 12.2. The Balaban J connectivity index is 2.82. The second kappa shape index (κ2) is 6.15. The highest BCUT2D eigenvalue weighted by atomic mass is 79.9. The van der Waals surface area contributed by atoms with Gasteiger partial charge in [0.2, 0.25) is 0 Å². The van der Waals surface area contributed by atoms with Gasteiger partial charge in [-0.2, -0.15) is 5.10 Å². The van der Waals surface area contributed by atoms with E-state index in [1.165, 1.54) is 0 Å². The monoisotopic (exact) mass is 287 g/mol. The number of nitrogens with zero attached hydrogens (tertiary/aromatic N) is 2. The van der Waals surface area contributed by atoms with Crippen molar-refractivity contribution in [3.63, 3.8) is 0 Å². The van der Waals surface area contributed by atoms with Crippen molar-refractivity contribution in [2.75, 3.05) is 6.54 Å². The van der Waals surface area contributed by atoms with Crippen LogP contribution in [0.15, 0.2) is 10.7 Å². The van der Waals surface area contributed by atoms with E-state index in [0.717, 1.165) is 17.3 Å². The van der Waals surface area contributed by atoms with E-state index in [4.69, 9.17) is 5.73 Å². The minimum absolute atomic E-state index is 0.00171. The van der Waals surface area contributed by atoms with Gasteiger partial charge in [0.15, 0.2) is 5.78 Å². The van der Waals surface area contributed by atoms with Gasteiger partial charge in [-0.05, 0) is 42.2 Å². The first-order valence-corrected chi connectivity index (χ1v) is 6.36. The van der Waals surface area contributed by atoms with Crippen molar-refractivity contribution in [1.82, 2.24) is 9.78 Å². The Morgan fingerprint density at radius 1 is 1.69 bits per heavy atom. The summed E-state index contributed by atoms with van der Waals surface area (Å²) in [5.41, 5.74) is 6.12. The molecule has 0 saturated heterocycles. The van der Waals surface area contributed by atoms with Crippen LogP contribution in [0.5, 0.6) is 0 Å². The predicted molar refractivity (Wildman–Crippen MR) is 67.4 cm³/mol. The quantitative estimate of drug-likeness (QED) is 0.816. The minimum atomic E-state index is 0.00171. The Labute approximate surface area is 104 Å². The minimum Gasteiger partial charge on any atom is -0.330 e. The van der Waals surface area contributed by atoms with Gasteiger partial charge in [0.1, 0.15) is 5.69 Å². The Morgan fingerprint density at radius 3 is 2.94 bits per heavy atom. The van der Waals surface area contributed by atoms with E-state index in [2.05, 4.69) is 21.0 Å². The average molecular weight is 288 g/mol. The fourth-order valence-electron chi connectivity index (χ4n) is 1.64. The molecular formula is C11H18BrN3O. The highest BCUT2D eigenvalue weighted by Crippen LogP contribution is 2.21.